The molecule has 0 atom stereocenters. The fraction of sp³-hybridized carbons (Fsp3) is 0.190. The highest BCUT2D eigenvalue weighted by Crippen LogP contribution is 2.35. The summed E-state index contributed by atoms with van der Waals surface area (Å²) in [4.78, 5) is 22.2. The highest BCUT2D eigenvalue weighted by atomic mass is 32.2. The number of aryl methyl sites for hydroxylation is 1. The maximum Gasteiger partial charge on any atom is 0.252 e. The number of rotatable bonds is 6. The summed E-state index contributed by atoms with van der Waals surface area (Å²) in [7, 11) is 0. The smallest absolute Gasteiger partial charge is 0.252 e. The molecule has 0 aliphatic carbocycles. The number of anilines is 2. The zero-order valence-electron chi connectivity index (χ0n) is 15.8. The van der Waals surface area contributed by atoms with Crippen LogP contribution in [0.4, 0.5) is 10.9 Å². The number of pyridine rings is 1. The Hall–Kier alpha value is -2.82. The third-order valence-corrected chi connectivity index (χ3v) is 5.85. The van der Waals surface area contributed by atoms with Gasteiger partial charge in [-0.25, -0.2) is 9.97 Å². The van der Waals surface area contributed by atoms with Crippen LogP contribution in [0.15, 0.2) is 57.9 Å². The molecule has 0 unspecified atom stereocenters. The first-order valence-electron chi connectivity index (χ1n) is 8.59. The van der Waals surface area contributed by atoms with E-state index in [9.17, 15) is 4.79 Å². The lowest BCUT2D eigenvalue weighted by Crippen LogP contribution is -2.42. The monoisotopic (exact) mass is 408 g/mol. The second-order valence-electron chi connectivity index (χ2n) is 6.63. The Morgan fingerprint density at radius 1 is 1.25 bits per heavy atom. The van der Waals surface area contributed by atoms with Crippen LogP contribution in [0.1, 0.15) is 29.8 Å². The molecule has 2 aromatic heterocycles. The molecular formula is C21H20N4OS2. The molecule has 0 radical (unpaired) electrons. The van der Waals surface area contributed by atoms with Gasteiger partial charge in [0.2, 0.25) is 0 Å². The van der Waals surface area contributed by atoms with Crippen molar-refractivity contribution >= 4 is 40.0 Å². The zero-order chi connectivity index (χ0) is 20.1. The van der Waals surface area contributed by atoms with E-state index >= 15 is 0 Å². The molecule has 0 saturated carbocycles. The topological polar surface area (TPSA) is 66.9 Å². The number of carbonyl (C=O) groups is 1. The van der Waals surface area contributed by atoms with Crippen molar-refractivity contribution in [3.63, 3.8) is 0 Å². The van der Waals surface area contributed by atoms with Crippen molar-refractivity contribution in [2.24, 2.45) is 0 Å². The van der Waals surface area contributed by atoms with Crippen molar-refractivity contribution in [2.45, 2.75) is 35.4 Å². The van der Waals surface area contributed by atoms with E-state index in [2.05, 4.69) is 26.5 Å². The van der Waals surface area contributed by atoms with Gasteiger partial charge in [-0.05, 0) is 50.6 Å². The Labute approximate surface area is 173 Å². The first-order chi connectivity index (χ1) is 13.4. The van der Waals surface area contributed by atoms with Crippen molar-refractivity contribution in [3.05, 3.63) is 59.9 Å². The summed E-state index contributed by atoms with van der Waals surface area (Å²) in [6, 6.07) is 11.5. The number of thiazole rings is 1. The minimum atomic E-state index is -0.698. The summed E-state index contributed by atoms with van der Waals surface area (Å²) < 4.78 is 1.01. The van der Waals surface area contributed by atoms with Crippen LogP contribution >= 0.6 is 23.1 Å². The molecule has 0 aliphatic heterocycles. The van der Waals surface area contributed by atoms with Gasteiger partial charge >= 0.3 is 0 Å². The number of benzene rings is 1. The standard InChI is InChI=1S/C21H20N4OS2/c1-5-21(3,4)25-19(26)16-12-15(10-9-14(16)2)27-18-13-23-20(28-18)24-17-8-6-7-11-22-17/h1,6-13H,2-4H3,(H,25,26)(H,22,23,24). The third kappa shape index (κ3) is 5.12. The minimum Gasteiger partial charge on any atom is -0.336 e. The van der Waals surface area contributed by atoms with E-state index in [0.717, 1.165) is 25.6 Å². The highest BCUT2D eigenvalue weighted by Gasteiger charge is 2.19. The van der Waals surface area contributed by atoms with Gasteiger partial charge in [-0.2, -0.15) is 0 Å². The Morgan fingerprint density at radius 2 is 2.07 bits per heavy atom. The first-order valence-corrected chi connectivity index (χ1v) is 10.2. The number of amides is 1. The molecule has 2 N–H and O–H groups in total. The van der Waals surface area contributed by atoms with Crippen LogP contribution in [0.2, 0.25) is 0 Å². The van der Waals surface area contributed by atoms with Gasteiger partial charge in [0.1, 0.15) is 5.82 Å². The number of nitrogens with one attached hydrogen (secondary N) is 2. The van der Waals surface area contributed by atoms with E-state index in [1.807, 2.05) is 49.5 Å². The molecule has 0 spiro atoms. The quantitative estimate of drug-likeness (QED) is 0.569. The van der Waals surface area contributed by atoms with E-state index in [0.29, 0.717) is 5.56 Å². The largest absolute Gasteiger partial charge is 0.336 e. The molecule has 1 amide bonds. The maximum absolute atomic E-state index is 12.6. The fourth-order valence-electron chi connectivity index (χ4n) is 2.32. The van der Waals surface area contributed by atoms with Gasteiger partial charge < -0.3 is 10.6 Å². The highest BCUT2D eigenvalue weighted by molar-refractivity contribution is 8.01. The number of aromatic nitrogens is 2. The van der Waals surface area contributed by atoms with Crippen molar-refractivity contribution in [1.29, 1.82) is 0 Å². The summed E-state index contributed by atoms with van der Waals surface area (Å²) in [5.74, 6) is 3.16. The normalized spacial score (nSPS) is 10.9. The summed E-state index contributed by atoms with van der Waals surface area (Å²) in [6.45, 7) is 5.51. The number of carbonyl (C=O) groups excluding carboxylic acids is 1. The van der Waals surface area contributed by atoms with E-state index in [1.54, 1.807) is 31.8 Å². The second-order valence-corrected chi connectivity index (χ2v) is 9.03. The fourth-order valence-corrected chi connectivity index (χ4v) is 4.22. The van der Waals surface area contributed by atoms with Crippen LogP contribution in [0.3, 0.4) is 0 Å². The molecule has 142 valence electrons. The molecule has 0 saturated heterocycles. The lowest BCUT2D eigenvalue weighted by molar-refractivity contribution is 0.0929. The van der Waals surface area contributed by atoms with E-state index in [-0.39, 0.29) is 5.91 Å². The summed E-state index contributed by atoms with van der Waals surface area (Å²) in [5, 5.41) is 6.82. The van der Waals surface area contributed by atoms with Crippen molar-refractivity contribution < 1.29 is 4.79 Å². The van der Waals surface area contributed by atoms with Gasteiger partial charge in [0.15, 0.2) is 5.13 Å². The molecule has 3 rings (SSSR count). The van der Waals surface area contributed by atoms with E-state index in [4.69, 9.17) is 6.42 Å². The van der Waals surface area contributed by atoms with Gasteiger partial charge in [0.25, 0.3) is 5.91 Å². The average Bonchev–Trinajstić information content (AvgIpc) is 3.10. The Morgan fingerprint density at radius 3 is 2.79 bits per heavy atom. The van der Waals surface area contributed by atoms with Crippen LogP contribution < -0.4 is 10.6 Å². The summed E-state index contributed by atoms with van der Waals surface area (Å²) >= 11 is 3.09. The minimum absolute atomic E-state index is 0.176. The van der Waals surface area contributed by atoms with Crippen molar-refractivity contribution in [1.82, 2.24) is 15.3 Å². The Bertz CT molecular complexity index is 1020. The molecule has 0 aliphatic rings. The van der Waals surface area contributed by atoms with Gasteiger partial charge in [0, 0.05) is 16.7 Å². The van der Waals surface area contributed by atoms with E-state index < -0.39 is 5.54 Å². The van der Waals surface area contributed by atoms with Crippen molar-refractivity contribution in [3.8, 4) is 12.3 Å². The van der Waals surface area contributed by atoms with E-state index in [1.165, 1.54) is 11.3 Å². The van der Waals surface area contributed by atoms with Crippen LogP contribution in [0, 0.1) is 19.3 Å². The molecule has 0 fully saturated rings. The molecular weight excluding hydrogens is 388 g/mol. The zero-order valence-corrected chi connectivity index (χ0v) is 17.4. The molecule has 1 aromatic carbocycles. The number of hydrogen-bond donors (Lipinski definition) is 2. The lowest BCUT2D eigenvalue weighted by atomic mass is 10.0. The van der Waals surface area contributed by atoms with Crippen LogP contribution in [0.25, 0.3) is 0 Å². The van der Waals surface area contributed by atoms with Crippen LogP contribution in [0.5, 0.6) is 0 Å². The molecule has 2 heterocycles. The molecule has 0 bridgehead atoms. The molecule has 7 heteroatoms. The van der Waals surface area contributed by atoms with Crippen LogP contribution in [-0.4, -0.2) is 21.4 Å². The average molecular weight is 409 g/mol. The van der Waals surface area contributed by atoms with Gasteiger partial charge in [-0.15, -0.1) is 6.42 Å². The molecule has 5 nitrogen and oxygen atoms in total. The Balaban J connectivity index is 1.73. The van der Waals surface area contributed by atoms with Crippen molar-refractivity contribution in [2.75, 3.05) is 5.32 Å². The predicted molar refractivity (Wildman–Crippen MR) is 115 cm³/mol. The summed E-state index contributed by atoms with van der Waals surface area (Å²) in [6.07, 6.45) is 9.01. The Kier molecular flexibility index (Phi) is 6.02. The first kappa shape index (κ1) is 19.9. The lowest BCUT2D eigenvalue weighted by Gasteiger charge is -2.20. The molecule has 3 aromatic rings. The van der Waals surface area contributed by atoms with Gasteiger partial charge in [0.05, 0.1) is 15.9 Å². The number of hydrogen-bond acceptors (Lipinski definition) is 6. The predicted octanol–water partition coefficient (Wildman–Crippen LogP) is 4.88. The number of nitrogens with zero attached hydrogens (tertiary/aromatic N) is 2. The summed E-state index contributed by atoms with van der Waals surface area (Å²) in [5.41, 5.74) is 0.817. The second kappa shape index (κ2) is 8.46. The van der Waals surface area contributed by atoms with Gasteiger partial charge in [-0.1, -0.05) is 41.2 Å². The van der Waals surface area contributed by atoms with Gasteiger partial charge in [-0.3, -0.25) is 4.79 Å². The molecule has 28 heavy (non-hydrogen) atoms. The van der Waals surface area contributed by atoms with Crippen LogP contribution in [-0.2, 0) is 0 Å². The third-order valence-electron chi connectivity index (χ3n) is 3.84. The number of terminal acetylenes is 1. The SMILES string of the molecule is C#CC(C)(C)NC(=O)c1cc(Sc2cnc(Nc3ccccn3)s2)ccc1C. The maximum atomic E-state index is 12.6.